The summed E-state index contributed by atoms with van der Waals surface area (Å²) in [5, 5.41) is 10.7. The van der Waals surface area contributed by atoms with Crippen molar-refractivity contribution in [2.75, 3.05) is 6.54 Å². The van der Waals surface area contributed by atoms with Gasteiger partial charge in [-0.1, -0.05) is 24.6 Å². The van der Waals surface area contributed by atoms with E-state index in [0.717, 1.165) is 31.2 Å². The third-order valence-electron chi connectivity index (χ3n) is 2.34. The van der Waals surface area contributed by atoms with Crippen LogP contribution in [0.15, 0.2) is 24.3 Å². The van der Waals surface area contributed by atoms with Crippen molar-refractivity contribution in [3.05, 3.63) is 39.9 Å². The molecule has 0 spiro atoms. The summed E-state index contributed by atoms with van der Waals surface area (Å²) in [5.74, 6) is 0. The maximum atomic E-state index is 10.7. The molecular weight excluding hydrogens is 192 g/mol. The van der Waals surface area contributed by atoms with Gasteiger partial charge in [-0.2, -0.15) is 0 Å². The van der Waals surface area contributed by atoms with E-state index in [0.29, 0.717) is 6.54 Å². The Morgan fingerprint density at radius 2 is 1.93 bits per heavy atom. The maximum absolute atomic E-state index is 10.7. The number of hydrogen-bond donors (Lipinski definition) is 1. The Bertz CT molecular complexity index is 326. The Balaban J connectivity index is 2.56. The molecule has 0 unspecified atom stereocenters. The fourth-order valence-electron chi connectivity index (χ4n) is 1.54. The normalized spacial score (nSPS) is 10.2. The molecule has 0 aromatic heterocycles. The van der Waals surface area contributed by atoms with Crippen LogP contribution in [0.25, 0.3) is 0 Å². The fraction of sp³-hybridized carbons (Fsp3) is 0.455. The van der Waals surface area contributed by atoms with Crippen LogP contribution >= 0.6 is 0 Å². The largest absolute Gasteiger partial charge is 0.330 e. The zero-order valence-corrected chi connectivity index (χ0v) is 8.69. The van der Waals surface area contributed by atoms with E-state index in [1.54, 1.807) is 12.1 Å². The molecule has 1 aromatic rings. The van der Waals surface area contributed by atoms with Gasteiger partial charge in [0.1, 0.15) is 0 Å². The zero-order chi connectivity index (χ0) is 11.1. The van der Waals surface area contributed by atoms with Crippen molar-refractivity contribution in [3.8, 4) is 0 Å². The molecule has 1 rings (SSSR count). The number of benzene rings is 1. The molecule has 1 aromatic carbocycles. The lowest BCUT2D eigenvalue weighted by molar-refractivity contribution is -0.385. The average molecular weight is 208 g/mol. The molecule has 4 heteroatoms. The minimum absolute atomic E-state index is 0.227. The van der Waals surface area contributed by atoms with Crippen molar-refractivity contribution in [1.29, 1.82) is 0 Å². The summed E-state index contributed by atoms with van der Waals surface area (Å²) in [6.45, 7) is 0.691. The fourth-order valence-corrected chi connectivity index (χ4v) is 1.54. The summed E-state index contributed by atoms with van der Waals surface area (Å²) in [6, 6.07) is 6.91. The second-order valence-electron chi connectivity index (χ2n) is 3.49. The van der Waals surface area contributed by atoms with Gasteiger partial charge in [0, 0.05) is 11.6 Å². The number of nitro groups is 1. The molecule has 0 amide bonds. The lowest BCUT2D eigenvalue weighted by Gasteiger charge is -2.02. The van der Waals surface area contributed by atoms with Crippen LogP contribution < -0.4 is 5.73 Å². The lowest BCUT2D eigenvalue weighted by Crippen LogP contribution is -1.99. The third-order valence-corrected chi connectivity index (χ3v) is 2.34. The summed E-state index contributed by atoms with van der Waals surface area (Å²) in [6.07, 6.45) is 3.74. The van der Waals surface area contributed by atoms with Crippen LogP contribution in [0.4, 0.5) is 5.69 Å². The summed E-state index contributed by atoms with van der Waals surface area (Å²) in [4.78, 5) is 10.4. The first-order chi connectivity index (χ1) is 7.25. The van der Waals surface area contributed by atoms with Gasteiger partial charge in [-0.05, 0) is 25.8 Å². The number of para-hydroxylation sites is 1. The molecule has 0 bridgehead atoms. The average Bonchev–Trinajstić information content (AvgIpc) is 2.25. The highest BCUT2D eigenvalue weighted by molar-refractivity contribution is 5.39. The van der Waals surface area contributed by atoms with Crippen molar-refractivity contribution in [3.63, 3.8) is 0 Å². The van der Waals surface area contributed by atoms with Crippen LogP contribution in [0.2, 0.25) is 0 Å². The van der Waals surface area contributed by atoms with E-state index in [2.05, 4.69) is 0 Å². The van der Waals surface area contributed by atoms with E-state index < -0.39 is 0 Å². The Morgan fingerprint density at radius 1 is 1.20 bits per heavy atom. The molecule has 0 saturated carbocycles. The molecule has 2 N–H and O–H groups in total. The number of nitrogens with two attached hydrogens (primary N) is 1. The number of unbranched alkanes of at least 4 members (excludes halogenated alkanes) is 2. The van der Waals surface area contributed by atoms with Crippen LogP contribution in [-0.4, -0.2) is 11.5 Å². The van der Waals surface area contributed by atoms with Crippen molar-refractivity contribution >= 4 is 5.69 Å². The summed E-state index contributed by atoms with van der Waals surface area (Å²) >= 11 is 0. The SMILES string of the molecule is NCCCCCc1ccccc1[N+](=O)[O-]. The van der Waals surface area contributed by atoms with Gasteiger partial charge in [0.15, 0.2) is 0 Å². The Labute approximate surface area is 89.2 Å². The molecule has 0 aliphatic heterocycles. The van der Waals surface area contributed by atoms with Gasteiger partial charge in [-0.3, -0.25) is 10.1 Å². The summed E-state index contributed by atoms with van der Waals surface area (Å²) in [7, 11) is 0. The maximum Gasteiger partial charge on any atom is 0.272 e. The van der Waals surface area contributed by atoms with E-state index in [-0.39, 0.29) is 10.6 Å². The molecular formula is C11H16N2O2. The van der Waals surface area contributed by atoms with Crippen LogP contribution in [0.5, 0.6) is 0 Å². The molecule has 82 valence electrons. The molecule has 0 aliphatic rings. The highest BCUT2D eigenvalue weighted by Crippen LogP contribution is 2.19. The van der Waals surface area contributed by atoms with E-state index in [1.807, 2.05) is 12.1 Å². The van der Waals surface area contributed by atoms with Gasteiger partial charge >= 0.3 is 0 Å². The molecule has 0 atom stereocenters. The molecule has 0 fully saturated rings. The van der Waals surface area contributed by atoms with Crippen molar-refractivity contribution in [1.82, 2.24) is 0 Å². The van der Waals surface area contributed by atoms with Gasteiger partial charge in [0.2, 0.25) is 0 Å². The standard InChI is InChI=1S/C11H16N2O2/c12-9-5-1-2-6-10-7-3-4-8-11(10)13(14)15/h3-4,7-8H,1-2,5-6,9,12H2. The number of rotatable bonds is 6. The molecule has 4 nitrogen and oxygen atoms in total. The van der Waals surface area contributed by atoms with Crippen LogP contribution in [0, 0.1) is 10.1 Å². The Hall–Kier alpha value is -1.42. The summed E-state index contributed by atoms with van der Waals surface area (Å²) in [5.41, 5.74) is 6.42. The predicted octanol–water partition coefficient (Wildman–Crippen LogP) is 2.27. The van der Waals surface area contributed by atoms with Gasteiger partial charge in [-0.25, -0.2) is 0 Å². The molecule has 0 aliphatic carbocycles. The zero-order valence-electron chi connectivity index (χ0n) is 8.69. The monoisotopic (exact) mass is 208 g/mol. The van der Waals surface area contributed by atoms with Gasteiger partial charge in [0.25, 0.3) is 5.69 Å². The number of nitro benzene ring substituents is 1. The molecule has 0 radical (unpaired) electrons. The Morgan fingerprint density at radius 3 is 2.60 bits per heavy atom. The minimum Gasteiger partial charge on any atom is -0.330 e. The topological polar surface area (TPSA) is 69.2 Å². The van der Waals surface area contributed by atoms with E-state index >= 15 is 0 Å². The first kappa shape index (κ1) is 11.7. The molecule has 15 heavy (non-hydrogen) atoms. The number of nitrogens with zero attached hydrogens (tertiary/aromatic N) is 1. The van der Waals surface area contributed by atoms with Crippen molar-refractivity contribution < 1.29 is 4.92 Å². The second-order valence-corrected chi connectivity index (χ2v) is 3.49. The first-order valence-electron chi connectivity index (χ1n) is 5.18. The minimum atomic E-state index is -0.321. The molecule has 0 heterocycles. The van der Waals surface area contributed by atoms with Gasteiger partial charge in [-0.15, -0.1) is 0 Å². The smallest absolute Gasteiger partial charge is 0.272 e. The van der Waals surface area contributed by atoms with Crippen molar-refractivity contribution in [2.45, 2.75) is 25.7 Å². The summed E-state index contributed by atoms with van der Waals surface area (Å²) < 4.78 is 0. The highest BCUT2D eigenvalue weighted by Gasteiger charge is 2.10. The van der Waals surface area contributed by atoms with E-state index in [4.69, 9.17) is 5.73 Å². The van der Waals surface area contributed by atoms with E-state index in [9.17, 15) is 10.1 Å². The van der Waals surface area contributed by atoms with Crippen LogP contribution in [0.1, 0.15) is 24.8 Å². The predicted molar refractivity (Wildman–Crippen MR) is 59.7 cm³/mol. The number of hydrogen-bond acceptors (Lipinski definition) is 3. The quantitative estimate of drug-likeness (QED) is 0.443. The van der Waals surface area contributed by atoms with Gasteiger partial charge < -0.3 is 5.73 Å². The van der Waals surface area contributed by atoms with E-state index in [1.165, 1.54) is 0 Å². The molecule has 0 saturated heterocycles. The number of aryl methyl sites for hydroxylation is 1. The van der Waals surface area contributed by atoms with Crippen LogP contribution in [-0.2, 0) is 6.42 Å². The first-order valence-corrected chi connectivity index (χ1v) is 5.18. The second kappa shape index (κ2) is 6.14. The Kier molecular flexibility index (Phi) is 4.77. The lowest BCUT2D eigenvalue weighted by atomic mass is 10.1. The van der Waals surface area contributed by atoms with Crippen LogP contribution in [0.3, 0.4) is 0 Å². The third kappa shape index (κ3) is 3.67. The highest BCUT2D eigenvalue weighted by atomic mass is 16.6. The van der Waals surface area contributed by atoms with Crippen molar-refractivity contribution in [2.24, 2.45) is 5.73 Å². The van der Waals surface area contributed by atoms with Gasteiger partial charge in [0.05, 0.1) is 4.92 Å².